The quantitative estimate of drug-likeness (QED) is 0.874. The molecular formula is C16H27N3. The van der Waals surface area contributed by atoms with Crippen LogP contribution in [0.15, 0.2) is 24.3 Å². The molecule has 3 heteroatoms. The van der Waals surface area contributed by atoms with Crippen molar-refractivity contribution < 1.29 is 0 Å². The van der Waals surface area contributed by atoms with E-state index in [2.05, 4.69) is 53.5 Å². The van der Waals surface area contributed by atoms with Crippen LogP contribution in [0.5, 0.6) is 0 Å². The lowest BCUT2D eigenvalue weighted by Gasteiger charge is -2.35. The minimum Gasteiger partial charge on any atom is -0.316 e. The fourth-order valence-electron chi connectivity index (χ4n) is 2.91. The Balaban J connectivity index is 1.96. The predicted molar refractivity (Wildman–Crippen MR) is 81.2 cm³/mol. The second-order valence-electron chi connectivity index (χ2n) is 5.75. The average Bonchev–Trinajstić information content (AvgIpc) is 2.42. The molecule has 0 aliphatic carbocycles. The Morgan fingerprint density at radius 2 is 1.84 bits per heavy atom. The summed E-state index contributed by atoms with van der Waals surface area (Å²) in [6.07, 6.45) is 2.59. The van der Waals surface area contributed by atoms with Crippen molar-refractivity contribution in [1.82, 2.24) is 15.1 Å². The van der Waals surface area contributed by atoms with Gasteiger partial charge in [0.1, 0.15) is 0 Å². The third-order valence-electron chi connectivity index (χ3n) is 4.22. The Hall–Kier alpha value is -0.900. The average molecular weight is 261 g/mol. The summed E-state index contributed by atoms with van der Waals surface area (Å²) in [5.74, 6) is 0. The van der Waals surface area contributed by atoms with Gasteiger partial charge in [0.25, 0.3) is 0 Å². The predicted octanol–water partition coefficient (Wildman–Crippen LogP) is 1.93. The largest absolute Gasteiger partial charge is 0.316 e. The Morgan fingerprint density at radius 3 is 2.47 bits per heavy atom. The fraction of sp³-hybridized carbons (Fsp3) is 0.625. The Morgan fingerprint density at radius 1 is 1.21 bits per heavy atom. The first-order valence-electron chi connectivity index (χ1n) is 7.31. The maximum absolute atomic E-state index is 3.26. The number of nitrogens with one attached hydrogen (secondary N) is 1. The van der Waals surface area contributed by atoms with Gasteiger partial charge >= 0.3 is 0 Å². The molecule has 0 radical (unpaired) electrons. The number of likely N-dealkylation sites (tertiary alicyclic amines) is 1. The Kier molecular flexibility index (Phi) is 5.37. The van der Waals surface area contributed by atoms with Crippen molar-refractivity contribution in [1.29, 1.82) is 0 Å². The SMILES string of the molecule is CNCc1ccccc1CN(C)C1CCN(C)CC1. The maximum Gasteiger partial charge on any atom is 0.0236 e. The molecule has 0 amide bonds. The fourth-order valence-corrected chi connectivity index (χ4v) is 2.91. The zero-order chi connectivity index (χ0) is 13.7. The summed E-state index contributed by atoms with van der Waals surface area (Å²) in [6.45, 7) is 4.48. The highest BCUT2D eigenvalue weighted by molar-refractivity contribution is 5.27. The van der Waals surface area contributed by atoms with Gasteiger partial charge in [0.15, 0.2) is 0 Å². The van der Waals surface area contributed by atoms with E-state index in [1.165, 1.54) is 37.1 Å². The van der Waals surface area contributed by atoms with E-state index < -0.39 is 0 Å². The van der Waals surface area contributed by atoms with Gasteiger partial charge in [0.2, 0.25) is 0 Å². The molecule has 1 fully saturated rings. The van der Waals surface area contributed by atoms with E-state index in [1.54, 1.807) is 0 Å². The van der Waals surface area contributed by atoms with Crippen LogP contribution >= 0.6 is 0 Å². The Labute approximate surface area is 117 Å². The molecule has 0 spiro atoms. The van der Waals surface area contributed by atoms with Gasteiger partial charge in [-0.1, -0.05) is 24.3 Å². The first-order valence-corrected chi connectivity index (χ1v) is 7.31. The lowest BCUT2D eigenvalue weighted by atomic mass is 10.0. The molecule has 0 saturated carbocycles. The van der Waals surface area contributed by atoms with Gasteiger partial charge in [-0.25, -0.2) is 0 Å². The van der Waals surface area contributed by atoms with Crippen molar-refractivity contribution >= 4 is 0 Å². The number of rotatable bonds is 5. The van der Waals surface area contributed by atoms with E-state index in [9.17, 15) is 0 Å². The normalized spacial score (nSPS) is 18.1. The molecule has 1 aliphatic heterocycles. The molecule has 1 aromatic carbocycles. The highest BCUT2D eigenvalue weighted by Crippen LogP contribution is 2.18. The summed E-state index contributed by atoms with van der Waals surface area (Å²) in [7, 11) is 6.50. The van der Waals surface area contributed by atoms with Crippen molar-refractivity contribution in [2.75, 3.05) is 34.2 Å². The highest BCUT2D eigenvalue weighted by Gasteiger charge is 2.20. The number of nitrogens with zero attached hydrogens (tertiary/aromatic N) is 2. The van der Waals surface area contributed by atoms with Gasteiger partial charge < -0.3 is 10.2 Å². The van der Waals surface area contributed by atoms with Crippen molar-refractivity contribution in [3.05, 3.63) is 35.4 Å². The van der Waals surface area contributed by atoms with E-state index in [1.807, 2.05) is 7.05 Å². The van der Waals surface area contributed by atoms with E-state index in [-0.39, 0.29) is 0 Å². The van der Waals surface area contributed by atoms with E-state index >= 15 is 0 Å². The maximum atomic E-state index is 3.26. The minimum absolute atomic E-state index is 0.735. The first-order chi connectivity index (χ1) is 9.20. The van der Waals surface area contributed by atoms with Gasteiger partial charge in [0, 0.05) is 19.1 Å². The summed E-state index contributed by atoms with van der Waals surface area (Å²) < 4.78 is 0. The first kappa shape index (κ1) is 14.5. The van der Waals surface area contributed by atoms with Crippen molar-refractivity contribution in [3.63, 3.8) is 0 Å². The summed E-state index contributed by atoms with van der Waals surface area (Å²) in [4.78, 5) is 4.96. The lowest BCUT2D eigenvalue weighted by molar-refractivity contribution is 0.139. The zero-order valence-corrected chi connectivity index (χ0v) is 12.5. The smallest absolute Gasteiger partial charge is 0.0236 e. The molecule has 0 aromatic heterocycles. The molecule has 1 aliphatic rings. The number of hydrogen-bond acceptors (Lipinski definition) is 3. The zero-order valence-electron chi connectivity index (χ0n) is 12.5. The summed E-state index contributed by atoms with van der Waals surface area (Å²) >= 11 is 0. The summed E-state index contributed by atoms with van der Waals surface area (Å²) in [5.41, 5.74) is 2.88. The standard InChI is InChI=1S/C16H27N3/c1-17-12-14-6-4-5-7-15(14)13-19(3)16-8-10-18(2)11-9-16/h4-7,16-17H,8-13H2,1-3H3. The molecule has 106 valence electrons. The second kappa shape index (κ2) is 7.04. The molecule has 0 atom stereocenters. The van der Waals surface area contributed by atoms with E-state index in [0.717, 1.165) is 19.1 Å². The van der Waals surface area contributed by atoms with Crippen LogP contribution in [-0.2, 0) is 13.1 Å². The molecule has 0 unspecified atom stereocenters. The topological polar surface area (TPSA) is 18.5 Å². The van der Waals surface area contributed by atoms with Crippen LogP contribution in [-0.4, -0.2) is 50.1 Å². The van der Waals surface area contributed by atoms with Gasteiger partial charge in [0.05, 0.1) is 0 Å². The molecule has 19 heavy (non-hydrogen) atoms. The van der Waals surface area contributed by atoms with E-state index in [0.29, 0.717) is 0 Å². The van der Waals surface area contributed by atoms with Crippen LogP contribution in [0.3, 0.4) is 0 Å². The van der Waals surface area contributed by atoms with Gasteiger partial charge in [-0.05, 0) is 58.2 Å². The second-order valence-corrected chi connectivity index (χ2v) is 5.75. The third kappa shape index (κ3) is 4.03. The van der Waals surface area contributed by atoms with Crippen LogP contribution in [0.25, 0.3) is 0 Å². The van der Waals surface area contributed by atoms with Crippen molar-refractivity contribution in [2.24, 2.45) is 0 Å². The Bertz CT molecular complexity index is 383. The number of benzene rings is 1. The monoisotopic (exact) mass is 261 g/mol. The van der Waals surface area contributed by atoms with E-state index in [4.69, 9.17) is 0 Å². The minimum atomic E-state index is 0.735. The third-order valence-corrected chi connectivity index (χ3v) is 4.22. The highest BCUT2D eigenvalue weighted by atomic mass is 15.2. The van der Waals surface area contributed by atoms with Crippen LogP contribution in [0.2, 0.25) is 0 Å². The molecule has 1 heterocycles. The summed E-state index contributed by atoms with van der Waals surface area (Å²) in [5, 5.41) is 3.26. The van der Waals surface area contributed by atoms with Gasteiger partial charge in [-0.15, -0.1) is 0 Å². The van der Waals surface area contributed by atoms with Crippen molar-refractivity contribution in [2.45, 2.75) is 32.0 Å². The number of hydrogen-bond donors (Lipinski definition) is 1. The molecule has 2 rings (SSSR count). The molecule has 1 N–H and O–H groups in total. The van der Waals surface area contributed by atoms with Crippen LogP contribution in [0, 0.1) is 0 Å². The summed E-state index contributed by atoms with van der Waals surface area (Å²) in [6, 6.07) is 9.51. The molecule has 0 bridgehead atoms. The van der Waals surface area contributed by atoms with Crippen LogP contribution in [0.4, 0.5) is 0 Å². The van der Waals surface area contributed by atoms with Crippen LogP contribution < -0.4 is 5.32 Å². The molecular weight excluding hydrogens is 234 g/mol. The molecule has 3 nitrogen and oxygen atoms in total. The molecule has 1 aromatic rings. The van der Waals surface area contributed by atoms with Crippen molar-refractivity contribution in [3.8, 4) is 0 Å². The molecule has 1 saturated heterocycles. The van der Waals surface area contributed by atoms with Gasteiger partial charge in [-0.3, -0.25) is 4.90 Å². The lowest BCUT2D eigenvalue weighted by Crippen LogP contribution is -2.41. The van der Waals surface area contributed by atoms with Gasteiger partial charge in [-0.2, -0.15) is 0 Å². The van der Waals surface area contributed by atoms with Crippen LogP contribution in [0.1, 0.15) is 24.0 Å². The number of piperidine rings is 1.